The van der Waals surface area contributed by atoms with Gasteiger partial charge in [-0.3, -0.25) is 0 Å². The molecule has 0 fully saturated rings. The van der Waals surface area contributed by atoms with E-state index in [0.717, 1.165) is 53.0 Å². The number of hydrogen-bond donors (Lipinski definition) is 1. The summed E-state index contributed by atoms with van der Waals surface area (Å²) >= 11 is 0. The first-order valence-corrected chi connectivity index (χ1v) is 13.1. The summed E-state index contributed by atoms with van der Waals surface area (Å²) in [6.45, 7) is 7.53. The molecule has 4 rings (SSSR count). The van der Waals surface area contributed by atoms with E-state index in [0.29, 0.717) is 30.4 Å². The molecule has 38 heavy (non-hydrogen) atoms. The highest BCUT2D eigenvalue weighted by Gasteiger charge is 2.30. The number of unbranched alkanes of at least 4 members (excludes halogenated alkanes) is 1. The lowest BCUT2D eigenvalue weighted by Gasteiger charge is -2.24. The highest BCUT2D eigenvalue weighted by Crippen LogP contribution is 2.31. The summed E-state index contributed by atoms with van der Waals surface area (Å²) in [5.41, 5.74) is 3.65. The Hall–Kier alpha value is -4.06. The molecule has 0 unspecified atom stereocenters. The molecule has 0 aliphatic heterocycles. The molecule has 4 aromatic rings. The fraction of sp³-hybridized carbons (Fsp3) is 0.312. The number of oxazole rings is 1. The third kappa shape index (κ3) is 6.62. The van der Waals surface area contributed by atoms with Crippen LogP contribution in [0.5, 0.6) is 11.5 Å². The molecule has 0 aliphatic rings. The van der Waals surface area contributed by atoms with E-state index in [1.807, 2.05) is 49.4 Å². The first-order chi connectivity index (χ1) is 18.3. The van der Waals surface area contributed by atoms with E-state index >= 15 is 0 Å². The van der Waals surface area contributed by atoms with Gasteiger partial charge in [0.2, 0.25) is 5.89 Å². The topological polar surface area (TPSA) is 81.8 Å². The Bertz CT molecular complexity index is 1370. The van der Waals surface area contributed by atoms with Gasteiger partial charge < -0.3 is 19.0 Å². The minimum Gasteiger partial charge on any atom is -0.493 e. The molecule has 198 valence electrons. The van der Waals surface area contributed by atoms with Gasteiger partial charge in [0.05, 0.1) is 12.3 Å². The van der Waals surface area contributed by atoms with Gasteiger partial charge >= 0.3 is 5.97 Å². The van der Waals surface area contributed by atoms with E-state index < -0.39 is 11.6 Å². The maximum absolute atomic E-state index is 11.6. The lowest BCUT2D eigenvalue weighted by atomic mass is 10.0. The normalized spacial score (nSPS) is 11.4. The lowest BCUT2D eigenvalue weighted by molar-refractivity contribution is -0.152. The summed E-state index contributed by atoms with van der Waals surface area (Å²) in [7, 11) is 0. The first-order valence-electron chi connectivity index (χ1n) is 13.1. The average Bonchev–Trinajstić information content (AvgIpc) is 3.29. The summed E-state index contributed by atoms with van der Waals surface area (Å²) < 4.78 is 17.9. The Morgan fingerprint density at radius 3 is 2.42 bits per heavy atom. The van der Waals surface area contributed by atoms with Gasteiger partial charge in [-0.25, -0.2) is 9.78 Å². The molecule has 0 saturated heterocycles. The van der Waals surface area contributed by atoms with Crippen molar-refractivity contribution in [3.8, 4) is 34.1 Å². The quantitative estimate of drug-likeness (QED) is 0.211. The number of nitrogens with zero attached hydrogens (tertiary/aromatic N) is 1. The Kier molecular flexibility index (Phi) is 8.52. The zero-order valence-electron chi connectivity index (χ0n) is 22.5. The predicted octanol–water partition coefficient (Wildman–Crippen LogP) is 7.52. The number of rotatable bonds is 12. The molecule has 1 N–H and O–H groups in total. The van der Waals surface area contributed by atoms with Crippen LogP contribution in [0.3, 0.4) is 0 Å². The van der Waals surface area contributed by atoms with Crippen LogP contribution in [0.15, 0.2) is 77.2 Å². The molecule has 0 aliphatic carbocycles. The molecule has 3 aromatic carbocycles. The molecule has 6 nitrogen and oxygen atoms in total. The highest BCUT2D eigenvalue weighted by molar-refractivity contribution is 5.77. The smallest absolute Gasteiger partial charge is 0.347 e. The standard InChI is InChI=1S/C32H35NO5/c1-5-6-11-24-16-17-27(21-29(24)38-32(3,4)31(34)35)36-19-18-28-22(2)37-30(33-28)26-15-10-14-25(20-26)23-12-8-7-9-13-23/h7-10,12-17,20-21H,5-6,11,18-19H2,1-4H3,(H,34,35). The molecule has 0 spiro atoms. The van der Waals surface area contributed by atoms with Gasteiger partial charge in [0.1, 0.15) is 17.3 Å². The van der Waals surface area contributed by atoms with E-state index in [2.05, 4.69) is 31.2 Å². The molecule has 0 atom stereocenters. The Balaban J connectivity index is 1.45. The van der Waals surface area contributed by atoms with Crippen molar-refractivity contribution in [2.75, 3.05) is 6.61 Å². The number of carboxylic acids is 1. The van der Waals surface area contributed by atoms with Gasteiger partial charge in [-0.15, -0.1) is 0 Å². The zero-order valence-corrected chi connectivity index (χ0v) is 22.5. The number of aryl methyl sites for hydroxylation is 2. The Morgan fingerprint density at radius 2 is 1.68 bits per heavy atom. The summed E-state index contributed by atoms with van der Waals surface area (Å²) in [6, 6.07) is 24.0. The zero-order chi connectivity index (χ0) is 27.1. The van der Waals surface area contributed by atoms with Gasteiger partial charge in [-0.1, -0.05) is 61.9 Å². The van der Waals surface area contributed by atoms with Crippen LogP contribution in [0.2, 0.25) is 0 Å². The second-order valence-corrected chi connectivity index (χ2v) is 9.86. The fourth-order valence-electron chi connectivity index (χ4n) is 4.12. The maximum Gasteiger partial charge on any atom is 0.347 e. The largest absolute Gasteiger partial charge is 0.493 e. The summed E-state index contributed by atoms with van der Waals surface area (Å²) in [5.74, 6) is 1.50. The fourth-order valence-corrected chi connectivity index (χ4v) is 4.12. The van der Waals surface area contributed by atoms with Crippen molar-refractivity contribution in [2.24, 2.45) is 0 Å². The van der Waals surface area contributed by atoms with E-state index in [1.54, 1.807) is 19.9 Å². The van der Waals surface area contributed by atoms with Crippen molar-refractivity contribution in [2.45, 2.75) is 59.0 Å². The minimum atomic E-state index is -1.34. The molecule has 0 amide bonds. The van der Waals surface area contributed by atoms with Crippen LogP contribution in [0, 0.1) is 6.92 Å². The second kappa shape index (κ2) is 12.0. The average molecular weight is 514 g/mol. The number of aliphatic carboxylic acids is 1. The Labute approximate surface area is 224 Å². The molecule has 0 radical (unpaired) electrons. The van der Waals surface area contributed by atoms with Crippen LogP contribution in [0.25, 0.3) is 22.6 Å². The van der Waals surface area contributed by atoms with Crippen LogP contribution >= 0.6 is 0 Å². The van der Waals surface area contributed by atoms with Crippen LogP contribution in [0.4, 0.5) is 0 Å². The van der Waals surface area contributed by atoms with Gasteiger partial charge in [0, 0.05) is 18.1 Å². The maximum atomic E-state index is 11.6. The van der Waals surface area contributed by atoms with E-state index in [9.17, 15) is 9.90 Å². The number of ether oxygens (including phenoxy) is 2. The minimum absolute atomic E-state index is 0.396. The highest BCUT2D eigenvalue weighted by atomic mass is 16.5. The molecule has 0 saturated carbocycles. The lowest BCUT2D eigenvalue weighted by Crippen LogP contribution is -2.38. The number of benzene rings is 3. The second-order valence-electron chi connectivity index (χ2n) is 9.86. The third-order valence-electron chi connectivity index (χ3n) is 6.44. The SMILES string of the molecule is CCCCc1ccc(OCCc2nc(-c3cccc(-c4ccccc4)c3)oc2C)cc1OC(C)(C)C(=O)O. The number of carbonyl (C=O) groups is 1. The van der Waals surface area contributed by atoms with Crippen molar-refractivity contribution in [3.63, 3.8) is 0 Å². The van der Waals surface area contributed by atoms with Crippen LogP contribution in [0.1, 0.15) is 50.6 Å². The molecule has 1 heterocycles. The van der Waals surface area contributed by atoms with Crippen LogP contribution in [-0.4, -0.2) is 28.3 Å². The predicted molar refractivity (Wildman–Crippen MR) is 149 cm³/mol. The number of carboxylic acid groups (broad SMARTS) is 1. The molecule has 1 aromatic heterocycles. The van der Waals surface area contributed by atoms with E-state index in [1.165, 1.54) is 0 Å². The van der Waals surface area contributed by atoms with Crippen molar-refractivity contribution < 1.29 is 23.8 Å². The molecule has 6 heteroatoms. The van der Waals surface area contributed by atoms with Crippen molar-refractivity contribution in [1.29, 1.82) is 0 Å². The molecular formula is C32H35NO5. The number of hydrogen-bond acceptors (Lipinski definition) is 5. The Morgan fingerprint density at radius 1 is 0.947 bits per heavy atom. The van der Waals surface area contributed by atoms with Gasteiger partial charge in [0.15, 0.2) is 5.60 Å². The first kappa shape index (κ1) is 27.0. The van der Waals surface area contributed by atoms with E-state index in [-0.39, 0.29) is 0 Å². The van der Waals surface area contributed by atoms with Crippen molar-refractivity contribution in [1.82, 2.24) is 4.98 Å². The van der Waals surface area contributed by atoms with E-state index in [4.69, 9.17) is 18.9 Å². The molecule has 0 bridgehead atoms. The summed E-state index contributed by atoms with van der Waals surface area (Å²) in [4.78, 5) is 16.4. The summed E-state index contributed by atoms with van der Waals surface area (Å²) in [5, 5.41) is 9.52. The molecular weight excluding hydrogens is 478 g/mol. The van der Waals surface area contributed by atoms with Crippen LogP contribution < -0.4 is 9.47 Å². The number of aromatic nitrogens is 1. The van der Waals surface area contributed by atoms with Gasteiger partial charge in [-0.05, 0) is 68.5 Å². The third-order valence-corrected chi connectivity index (χ3v) is 6.44. The van der Waals surface area contributed by atoms with Gasteiger partial charge in [0.25, 0.3) is 0 Å². The monoisotopic (exact) mass is 513 g/mol. The summed E-state index contributed by atoms with van der Waals surface area (Å²) in [6.07, 6.45) is 3.41. The van der Waals surface area contributed by atoms with Crippen LogP contribution in [-0.2, 0) is 17.6 Å². The van der Waals surface area contributed by atoms with Crippen molar-refractivity contribution in [3.05, 3.63) is 89.8 Å². The van der Waals surface area contributed by atoms with Crippen molar-refractivity contribution >= 4 is 5.97 Å². The van der Waals surface area contributed by atoms with Gasteiger partial charge in [-0.2, -0.15) is 0 Å².